The number of benzene rings is 2. The van der Waals surface area contributed by atoms with Crippen molar-refractivity contribution in [3.8, 4) is 5.75 Å². The van der Waals surface area contributed by atoms with Crippen LogP contribution < -0.4 is 16.0 Å². The number of nitrogens with one attached hydrogen (secondary N) is 2. The highest BCUT2D eigenvalue weighted by Gasteiger charge is 2.18. The van der Waals surface area contributed by atoms with E-state index in [2.05, 4.69) is 4.98 Å². The molecule has 0 saturated carbocycles. The summed E-state index contributed by atoms with van der Waals surface area (Å²) < 4.78 is 18.7. The zero-order valence-electron chi connectivity index (χ0n) is 14.3. The Hall–Kier alpha value is -4.01. The van der Waals surface area contributed by atoms with E-state index in [-0.39, 0.29) is 18.1 Å². The summed E-state index contributed by atoms with van der Waals surface area (Å²) in [6, 6.07) is 12.7. The van der Waals surface area contributed by atoms with Crippen molar-refractivity contribution in [3.05, 3.63) is 102 Å². The van der Waals surface area contributed by atoms with Crippen molar-refractivity contribution in [1.82, 2.24) is 9.97 Å². The Bertz CT molecular complexity index is 1150. The molecule has 8 nitrogen and oxygen atoms in total. The van der Waals surface area contributed by atoms with Crippen molar-refractivity contribution in [2.24, 2.45) is 0 Å². The molecule has 3 aromatic rings. The lowest BCUT2D eigenvalue weighted by atomic mass is 10.1. The fourth-order valence-corrected chi connectivity index (χ4v) is 2.46. The Balaban J connectivity index is 1.88. The molecule has 1 heterocycles. The Morgan fingerprint density at radius 2 is 1.75 bits per heavy atom. The predicted octanol–water partition coefficient (Wildman–Crippen LogP) is 2.86. The van der Waals surface area contributed by atoms with E-state index in [0.29, 0.717) is 11.3 Å². The van der Waals surface area contributed by atoms with Crippen LogP contribution in [0.3, 0.4) is 0 Å². The molecule has 0 aliphatic carbocycles. The fraction of sp³-hybridized carbons (Fsp3) is 0.0526. The largest absolute Gasteiger partial charge is 0.488 e. The lowest BCUT2D eigenvalue weighted by Gasteiger charge is -2.09. The van der Waals surface area contributed by atoms with Crippen molar-refractivity contribution in [2.75, 3.05) is 0 Å². The van der Waals surface area contributed by atoms with E-state index in [4.69, 9.17) is 4.74 Å². The Kier molecular flexibility index (Phi) is 5.45. The average Bonchev–Trinajstić information content (AvgIpc) is 2.65. The third-order valence-electron chi connectivity index (χ3n) is 3.78. The highest BCUT2D eigenvalue weighted by Crippen LogP contribution is 2.22. The van der Waals surface area contributed by atoms with Crippen molar-refractivity contribution < 1.29 is 14.1 Å². The summed E-state index contributed by atoms with van der Waals surface area (Å²) in [6.07, 6.45) is 2.74. The molecular formula is C19H14FN3O5. The molecule has 1 aromatic heterocycles. The maximum atomic E-state index is 13.0. The van der Waals surface area contributed by atoms with E-state index < -0.39 is 21.9 Å². The number of ether oxygens (including phenoxy) is 1. The summed E-state index contributed by atoms with van der Waals surface area (Å²) in [6.45, 7) is 0.188. The minimum atomic E-state index is -1.09. The summed E-state index contributed by atoms with van der Waals surface area (Å²) in [5.41, 5.74) is -1.60. The second kappa shape index (κ2) is 8.12. The summed E-state index contributed by atoms with van der Waals surface area (Å²) in [7, 11) is 0. The summed E-state index contributed by atoms with van der Waals surface area (Å²) >= 11 is 0. The standard InChI is InChI=1S/C19H14FN3O5/c20-14-8-5-12(6-9-14)11-28-16-4-2-1-3-13(16)7-10-15-17(23(26)27)18(24)22-19(25)21-15/h1-10H,11H2,(H2,21,22,24,25)/b10-7+. The zero-order valence-corrected chi connectivity index (χ0v) is 14.3. The number of halogens is 1. The predicted molar refractivity (Wildman–Crippen MR) is 100 cm³/mol. The van der Waals surface area contributed by atoms with Crippen LogP contribution >= 0.6 is 0 Å². The zero-order chi connectivity index (χ0) is 20.1. The normalized spacial score (nSPS) is 10.9. The van der Waals surface area contributed by atoms with Gasteiger partial charge in [-0.2, -0.15) is 0 Å². The minimum absolute atomic E-state index is 0.188. The quantitative estimate of drug-likeness (QED) is 0.501. The lowest BCUT2D eigenvalue weighted by Crippen LogP contribution is -2.25. The number of H-pyrrole nitrogens is 2. The van der Waals surface area contributed by atoms with Gasteiger partial charge in [-0.25, -0.2) is 9.18 Å². The first-order valence-corrected chi connectivity index (χ1v) is 8.09. The molecule has 0 fully saturated rings. The topological polar surface area (TPSA) is 118 Å². The monoisotopic (exact) mass is 383 g/mol. The maximum absolute atomic E-state index is 13.0. The van der Waals surface area contributed by atoms with Crippen LogP contribution in [0.4, 0.5) is 10.1 Å². The molecule has 28 heavy (non-hydrogen) atoms. The molecule has 2 N–H and O–H groups in total. The van der Waals surface area contributed by atoms with E-state index in [0.717, 1.165) is 5.56 Å². The maximum Gasteiger partial charge on any atom is 0.357 e. The number of aromatic amines is 2. The van der Waals surface area contributed by atoms with Gasteiger partial charge >= 0.3 is 16.9 Å². The van der Waals surface area contributed by atoms with Gasteiger partial charge in [-0.15, -0.1) is 0 Å². The van der Waals surface area contributed by atoms with Crippen molar-refractivity contribution >= 4 is 17.8 Å². The SMILES string of the molecule is O=c1[nH]c(/C=C/c2ccccc2OCc2ccc(F)cc2)c([N+](=O)[O-])c(=O)[nH]1. The van der Waals surface area contributed by atoms with Gasteiger partial charge in [-0.1, -0.05) is 30.3 Å². The van der Waals surface area contributed by atoms with Gasteiger partial charge in [0.2, 0.25) is 0 Å². The number of hydrogen-bond donors (Lipinski definition) is 2. The van der Waals surface area contributed by atoms with E-state index in [1.165, 1.54) is 24.3 Å². The number of rotatable bonds is 6. The summed E-state index contributed by atoms with van der Waals surface area (Å²) in [5, 5.41) is 11.1. The van der Waals surface area contributed by atoms with Gasteiger partial charge in [0, 0.05) is 5.56 Å². The van der Waals surface area contributed by atoms with Crippen LogP contribution in [0.2, 0.25) is 0 Å². The molecule has 0 aliphatic heterocycles. The molecule has 0 spiro atoms. The number of para-hydroxylation sites is 1. The number of nitrogens with zero attached hydrogens (tertiary/aromatic N) is 1. The van der Waals surface area contributed by atoms with Crippen molar-refractivity contribution in [3.63, 3.8) is 0 Å². The van der Waals surface area contributed by atoms with Crippen LogP contribution in [0.5, 0.6) is 5.75 Å². The molecule has 0 aliphatic rings. The van der Waals surface area contributed by atoms with Gasteiger partial charge in [0.1, 0.15) is 23.9 Å². The van der Waals surface area contributed by atoms with Crippen LogP contribution in [-0.4, -0.2) is 14.9 Å². The molecule has 0 radical (unpaired) electrons. The van der Waals surface area contributed by atoms with Crippen molar-refractivity contribution in [1.29, 1.82) is 0 Å². The van der Waals surface area contributed by atoms with Gasteiger partial charge < -0.3 is 9.72 Å². The molecule has 2 aromatic carbocycles. The molecule has 0 atom stereocenters. The first-order valence-electron chi connectivity index (χ1n) is 8.09. The average molecular weight is 383 g/mol. The van der Waals surface area contributed by atoms with Gasteiger partial charge in [0.05, 0.1) is 4.92 Å². The van der Waals surface area contributed by atoms with E-state index >= 15 is 0 Å². The van der Waals surface area contributed by atoms with Crippen LogP contribution in [0, 0.1) is 15.9 Å². The Morgan fingerprint density at radius 1 is 1.04 bits per heavy atom. The third-order valence-corrected chi connectivity index (χ3v) is 3.78. The first kappa shape index (κ1) is 18.8. The molecule has 0 unspecified atom stereocenters. The van der Waals surface area contributed by atoms with Gasteiger partial charge in [-0.3, -0.25) is 19.9 Å². The van der Waals surface area contributed by atoms with Crippen molar-refractivity contribution in [2.45, 2.75) is 6.61 Å². The van der Waals surface area contributed by atoms with Crippen LogP contribution in [0.15, 0.2) is 58.1 Å². The molecule has 0 bridgehead atoms. The highest BCUT2D eigenvalue weighted by atomic mass is 19.1. The molecule has 0 amide bonds. The Labute approximate surface area is 157 Å². The summed E-state index contributed by atoms with van der Waals surface area (Å²) in [4.78, 5) is 37.4. The smallest absolute Gasteiger partial charge is 0.357 e. The fourth-order valence-electron chi connectivity index (χ4n) is 2.46. The number of hydrogen-bond acceptors (Lipinski definition) is 5. The lowest BCUT2D eigenvalue weighted by molar-refractivity contribution is -0.386. The molecular weight excluding hydrogens is 369 g/mol. The number of nitro groups is 1. The highest BCUT2D eigenvalue weighted by molar-refractivity contribution is 5.74. The molecule has 142 valence electrons. The van der Waals surface area contributed by atoms with E-state index in [1.807, 2.05) is 4.98 Å². The van der Waals surface area contributed by atoms with Gasteiger partial charge in [-0.05, 0) is 35.9 Å². The van der Waals surface area contributed by atoms with Crippen LogP contribution in [0.1, 0.15) is 16.8 Å². The van der Waals surface area contributed by atoms with Gasteiger partial charge in [0.15, 0.2) is 0 Å². The number of aromatic nitrogens is 2. The van der Waals surface area contributed by atoms with Crippen LogP contribution in [-0.2, 0) is 6.61 Å². The molecule has 9 heteroatoms. The summed E-state index contributed by atoms with van der Waals surface area (Å²) in [5.74, 6) is 0.124. The Morgan fingerprint density at radius 3 is 2.46 bits per heavy atom. The first-order chi connectivity index (χ1) is 13.4. The van der Waals surface area contributed by atoms with Gasteiger partial charge in [0.25, 0.3) is 0 Å². The van der Waals surface area contributed by atoms with E-state index in [1.54, 1.807) is 36.4 Å². The minimum Gasteiger partial charge on any atom is -0.488 e. The second-order valence-corrected chi connectivity index (χ2v) is 5.71. The second-order valence-electron chi connectivity index (χ2n) is 5.71. The molecule has 0 saturated heterocycles. The molecule has 3 rings (SSSR count). The third kappa shape index (κ3) is 4.39. The van der Waals surface area contributed by atoms with E-state index in [9.17, 15) is 24.1 Å². The van der Waals surface area contributed by atoms with Crippen LogP contribution in [0.25, 0.3) is 12.2 Å².